The molecular weight excluding hydrogens is 390 g/mol. The van der Waals surface area contributed by atoms with E-state index in [4.69, 9.17) is 0 Å². The van der Waals surface area contributed by atoms with Crippen LogP contribution in [-0.4, -0.2) is 32.1 Å². The minimum absolute atomic E-state index is 0.120. The minimum Gasteiger partial charge on any atom is -0.481 e. The van der Waals surface area contributed by atoms with Gasteiger partial charge in [0.05, 0.1) is 18.2 Å². The molecule has 1 aromatic heterocycles. The summed E-state index contributed by atoms with van der Waals surface area (Å²) in [5.41, 5.74) is 7.03. The summed E-state index contributed by atoms with van der Waals surface area (Å²) in [5.74, 6) is -1.04. The molecule has 0 saturated carbocycles. The highest BCUT2D eigenvalue weighted by Gasteiger charge is 2.36. The van der Waals surface area contributed by atoms with Gasteiger partial charge in [-0.05, 0) is 41.5 Å². The zero-order valence-electron chi connectivity index (χ0n) is 17.7. The predicted molar refractivity (Wildman–Crippen MR) is 117 cm³/mol. The molecule has 0 saturated heterocycles. The van der Waals surface area contributed by atoms with Gasteiger partial charge in [-0.15, -0.1) is 0 Å². The van der Waals surface area contributed by atoms with Crippen molar-refractivity contribution in [2.24, 2.45) is 5.41 Å². The molecule has 0 radical (unpaired) electrons. The first-order valence-corrected chi connectivity index (χ1v) is 10.6. The van der Waals surface area contributed by atoms with E-state index < -0.39 is 12.0 Å². The van der Waals surface area contributed by atoms with Crippen LogP contribution in [0, 0.1) is 5.41 Å². The zero-order chi connectivity index (χ0) is 21.8. The first-order chi connectivity index (χ1) is 14.8. The Morgan fingerprint density at radius 2 is 1.97 bits per heavy atom. The number of hydrogen-bond acceptors (Lipinski definition) is 3. The quantitative estimate of drug-likeness (QED) is 0.648. The highest BCUT2D eigenvalue weighted by molar-refractivity contribution is 5.99. The van der Waals surface area contributed by atoms with E-state index in [1.54, 1.807) is 4.90 Å². The Hall–Kier alpha value is -3.41. The first kappa shape index (κ1) is 19.5. The third-order valence-electron chi connectivity index (χ3n) is 6.40. The first-order valence-electron chi connectivity index (χ1n) is 10.6. The number of fused-ring (bicyclic) bond motifs is 2. The van der Waals surface area contributed by atoms with Crippen LogP contribution in [0.15, 0.2) is 48.5 Å². The molecule has 2 aromatic carbocycles. The molecule has 31 heavy (non-hydrogen) atoms. The summed E-state index contributed by atoms with van der Waals surface area (Å²) in [6.45, 7) is 4.92. The Morgan fingerprint density at radius 3 is 2.71 bits per heavy atom. The molecule has 2 aliphatic rings. The van der Waals surface area contributed by atoms with E-state index in [1.807, 2.05) is 48.5 Å². The number of aromatic amines is 1. The highest BCUT2D eigenvalue weighted by atomic mass is 16.4. The number of carbonyl (C=O) groups is 2. The van der Waals surface area contributed by atoms with Crippen LogP contribution in [0.1, 0.15) is 59.1 Å². The second-order valence-electron chi connectivity index (χ2n) is 9.38. The number of rotatable bonds is 5. The van der Waals surface area contributed by atoms with Crippen molar-refractivity contribution in [1.82, 2.24) is 15.1 Å². The Bertz CT molecular complexity index is 1180. The molecule has 1 aliphatic carbocycles. The van der Waals surface area contributed by atoms with Gasteiger partial charge < -0.3 is 10.0 Å². The van der Waals surface area contributed by atoms with Gasteiger partial charge in [0.25, 0.3) is 5.91 Å². The molecule has 2 heterocycles. The molecule has 1 amide bonds. The number of aromatic nitrogens is 2. The smallest absolute Gasteiger partial charge is 0.305 e. The Kier molecular flexibility index (Phi) is 4.46. The van der Waals surface area contributed by atoms with Crippen molar-refractivity contribution >= 4 is 11.9 Å². The fraction of sp³-hybridized carbons (Fsp3) is 0.320. The molecule has 6 heteroatoms. The van der Waals surface area contributed by atoms with Crippen molar-refractivity contribution in [3.63, 3.8) is 0 Å². The number of aliphatic carboxylic acids is 1. The van der Waals surface area contributed by atoms with Gasteiger partial charge in [-0.3, -0.25) is 14.7 Å². The number of carboxylic acids is 1. The minimum atomic E-state index is -0.923. The van der Waals surface area contributed by atoms with Crippen LogP contribution >= 0.6 is 0 Å². The van der Waals surface area contributed by atoms with Gasteiger partial charge >= 0.3 is 5.97 Å². The van der Waals surface area contributed by atoms with E-state index >= 15 is 0 Å². The lowest BCUT2D eigenvalue weighted by atomic mass is 9.90. The number of benzene rings is 2. The van der Waals surface area contributed by atoms with Gasteiger partial charge in [-0.1, -0.05) is 50.2 Å². The fourth-order valence-electron chi connectivity index (χ4n) is 4.99. The topological polar surface area (TPSA) is 86.3 Å². The molecule has 5 rings (SSSR count). The van der Waals surface area contributed by atoms with Gasteiger partial charge in [0, 0.05) is 28.9 Å². The summed E-state index contributed by atoms with van der Waals surface area (Å²) in [4.78, 5) is 26.4. The SMILES string of the molecule is CC1(C)Cc2[nH]nc(-c3ccc4c(c3)CN(C(CC(=O)O)c3ccccc3)C4=O)c2C1. The number of nitrogens with zero attached hydrogens (tertiary/aromatic N) is 2. The molecule has 3 aromatic rings. The molecule has 1 unspecified atom stereocenters. The van der Waals surface area contributed by atoms with E-state index in [0.29, 0.717) is 12.1 Å². The molecule has 0 bridgehead atoms. The van der Waals surface area contributed by atoms with E-state index in [-0.39, 0.29) is 17.7 Å². The van der Waals surface area contributed by atoms with Crippen LogP contribution < -0.4 is 0 Å². The normalized spacial score (nSPS) is 17.5. The lowest BCUT2D eigenvalue weighted by molar-refractivity contribution is -0.138. The number of amides is 1. The fourth-order valence-corrected chi connectivity index (χ4v) is 4.99. The summed E-state index contributed by atoms with van der Waals surface area (Å²) in [6, 6.07) is 14.7. The Balaban J connectivity index is 1.48. The number of H-pyrrole nitrogens is 1. The molecule has 2 N–H and O–H groups in total. The molecule has 1 aliphatic heterocycles. The Morgan fingerprint density at radius 1 is 1.19 bits per heavy atom. The maximum Gasteiger partial charge on any atom is 0.305 e. The summed E-state index contributed by atoms with van der Waals surface area (Å²) in [5, 5.41) is 17.2. The van der Waals surface area contributed by atoms with Crippen molar-refractivity contribution in [3.8, 4) is 11.3 Å². The molecule has 0 spiro atoms. The number of nitrogens with one attached hydrogen (secondary N) is 1. The van der Waals surface area contributed by atoms with E-state index in [9.17, 15) is 14.7 Å². The lowest BCUT2D eigenvalue weighted by Crippen LogP contribution is -2.30. The largest absolute Gasteiger partial charge is 0.481 e. The van der Waals surface area contributed by atoms with Gasteiger partial charge in [-0.2, -0.15) is 5.10 Å². The van der Waals surface area contributed by atoms with Crippen molar-refractivity contribution in [3.05, 3.63) is 76.5 Å². The molecule has 158 valence electrons. The van der Waals surface area contributed by atoms with Crippen LogP contribution in [0.2, 0.25) is 0 Å². The third kappa shape index (κ3) is 3.42. The van der Waals surface area contributed by atoms with Crippen molar-refractivity contribution < 1.29 is 14.7 Å². The molecule has 1 atom stereocenters. The summed E-state index contributed by atoms with van der Waals surface area (Å²) < 4.78 is 0. The summed E-state index contributed by atoms with van der Waals surface area (Å²) in [6.07, 6.45) is 1.84. The maximum atomic E-state index is 13.2. The number of carboxylic acid groups (broad SMARTS) is 1. The molecular formula is C25H25N3O3. The summed E-state index contributed by atoms with van der Waals surface area (Å²) in [7, 11) is 0. The average Bonchev–Trinajstić information content (AvgIpc) is 3.36. The van der Waals surface area contributed by atoms with Gasteiger partial charge in [0.2, 0.25) is 0 Å². The number of hydrogen-bond donors (Lipinski definition) is 2. The molecule has 0 fully saturated rings. The summed E-state index contributed by atoms with van der Waals surface area (Å²) >= 11 is 0. The van der Waals surface area contributed by atoms with E-state index in [2.05, 4.69) is 24.0 Å². The second kappa shape index (κ2) is 7.08. The van der Waals surface area contributed by atoms with Crippen LogP contribution in [-0.2, 0) is 24.2 Å². The second-order valence-corrected chi connectivity index (χ2v) is 9.38. The predicted octanol–water partition coefficient (Wildman–Crippen LogP) is 4.37. The van der Waals surface area contributed by atoms with E-state index in [1.165, 1.54) is 11.3 Å². The van der Waals surface area contributed by atoms with Crippen LogP contribution in [0.25, 0.3) is 11.3 Å². The highest BCUT2D eigenvalue weighted by Crippen LogP contribution is 2.41. The van der Waals surface area contributed by atoms with Gasteiger partial charge in [0.15, 0.2) is 0 Å². The lowest BCUT2D eigenvalue weighted by Gasteiger charge is -2.27. The van der Waals surface area contributed by atoms with Crippen molar-refractivity contribution in [2.45, 2.75) is 45.7 Å². The maximum absolute atomic E-state index is 13.2. The van der Waals surface area contributed by atoms with Gasteiger partial charge in [-0.25, -0.2) is 0 Å². The zero-order valence-corrected chi connectivity index (χ0v) is 17.7. The third-order valence-corrected chi connectivity index (χ3v) is 6.40. The average molecular weight is 415 g/mol. The van der Waals surface area contributed by atoms with E-state index in [0.717, 1.165) is 35.2 Å². The monoisotopic (exact) mass is 415 g/mol. The standard InChI is InChI=1S/C25H25N3O3/c1-25(2)12-19-20(13-25)26-27-23(19)16-8-9-18-17(10-16)14-28(24(18)31)21(11-22(29)30)15-6-4-3-5-7-15/h3-10,21H,11-14H2,1-2H3,(H,26,27)(H,29,30). The van der Waals surface area contributed by atoms with Gasteiger partial charge in [0.1, 0.15) is 0 Å². The van der Waals surface area contributed by atoms with Crippen molar-refractivity contribution in [1.29, 1.82) is 0 Å². The van der Waals surface area contributed by atoms with Crippen molar-refractivity contribution in [2.75, 3.05) is 0 Å². The van der Waals surface area contributed by atoms with Crippen LogP contribution in [0.3, 0.4) is 0 Å². The molecule has 6 nitrogen and oxygen atoms in total. The Labute approximate surface area is 180 Å². The van der Waals surface area contributed by atoms with Crippen LogP contribution in [0.5, 0.6) is 0 Å². The number of carbonyl (C=O) groups excluding carboxylic acids is 1. The van der Waals surface area contributed by atoms with Crippen LogP contribution in [0.4, 0.5) is 0 Å².